The van der Waals surface area contributed by atoms with E-state index < -0.39 is 28.1 Å². The molecule has 0 amide bonds. The van der Waals surface area contributed by atoms with E-state index in [9.17, 15) is 13.2 Å². The number of halogens is 1. The van der Waals surface area contributed by atoms with Crippen molar-refractivity contribution in [2.75, 3.05) is 7.11 Å². The van der Waals surface area contributed by atoms with Crippen LogP contribution in [0.3, 0.4) is 0 Å². The summed E-state index contributed by atoms with van der Waals surface area (Å²) in [5.41, 5.74) is 2.76. The fourth-order valence-corrected chi connectivity index (χ4v) is 5.61. The Kier molecular flexibility index (Phi) is 6.20. The van der Waals surface area contributed by atoms with Crippen LogP contribution in [0.15, 0.2) is 89.3 Å². The zero-order valence-electron chi connectivity index (χ0n) is 17.6. The summed E-state index contributed by atoms with van der Waals surface area (Å²) in [6.07, 6.45) is 1.68. The van der Waals surface area contributed by atoms with E-state index >= 15 is 0 Å². The molecule has 0 aliphatic carbocycles. The lowest BCUT2D eigenvalue weighted by molar-refractivity contribution is -0.136. The van der Waals surface area contributed by atoms with Crippen LogP contribution in [0.25, 0.3) is 6.08 Å². The van der Waals surface area contributed by atoms with Gasteiger partial charge in [0, 0.05) is 5.02 Å². The third kappa shape index (κ3) is 4.35. The third-order valence-electron chi connectivity index (χ3n) is 5.43. The monoisotopic (exact) mass is 467 g/mol. The van der Waals surface area contributed by atoms with Gasteiger partial charge in [-0.2, -0.15) is 4.31 Å². The number of aryl methyl sites for hydroxylation is 1. The Morgan fingerprint density at radius 1 is 0.969 bits per heavy atom. The van der Waals surface area contributed by atoms with Crippen molar-refractivity contribution in [2.24, 2.45) is 0 Å². The molecule has 0 N–H and O–H groups in total. The molecule has 5 nitrogen and oxygen atoms in total. The maximum absolute atomic E-state index is 13.6. The van der Waals surface area contributed by atoms with E-state index in [0.29, 0.717) is 5.02 Å². The second-order valence-corrected chi connectivity index (χ2v) is 9.87. The maximum atomic E-state index is 13.6. The lowest BCUT2D eigenvalue weighted by atomic mass is 10.0. The van der Waals surface area contributed by atoms with Crippen LogP contribution < -0.4 is 0 Å². The van der Waals surface area contributed by atoms with Gasteiger partial charge in [0.2, 0.25) is 10.0 Å². The second kappa shape index (κ2) is 8.90. The number of hydrogen-bond acceptors (Lipinski definition) is 4. The molecule has 7 heteroatoms. The van der Waals surface area contributed by atoms with Gasteiger partial charge in [0.15, 0.2) is 0 Å². The maximum Gasteiger partial charge on any atom is 0.335 e. The summed E-state index contributed by atoms with van der Waals surface area (Å²) in [6.45, 7) is 1.89. The predicted molar refractivity (Wildman–Crippen MR) is 125 cm³/mol. The minimum Gasteiger partial charge on any atom is -0.466 e. The lowest BCUT2D eigenvalue weighted by Gasteiger charge is -2.09. The van der Waals surface area contributed by atoms with Gasteiger partial charge < -0.3 is 4.74 Å². The van der Waals surface area contributed by atoms with Crippen molar-refractivity contribution in [3.05, 3.63) is 106 Å². The molecule has 0 saturated carbocycles. The molecule has 4 rings (SSSR count). The Balaban J connectivity index is 1.82. The third-order valence-corrected chi connectivity index (χ3v) is 7.56. The molecule has 0 spiro atoms. The summed E-state index contributed by atoms with van der Waals surface area (Å²) < 4.78 is 33.5. The Morgan fingerprint density at radius 2 is 1.59 bits per heavy atom. The van der Waals surface area contributed by atoms with Crippen molar-refractivity contribution in [1.82, 2.24) is 4.31 Å². The van der Waals surface area contributed by atoms with Gasteiger partial charge in [-0.1, -0.05) is 71.8 Å². The smallest absolute Gasteiger partial charge is 0.335 e. The molecule has 1 saturated heterocycles. The van der Waals surface area contributed by atoms with Crippen LogP contribution in [0.5, 0.6) is 0 Å². The predicted octanol–water partition coefficient (Wildman–Crippen LogP) is 5.02. The minimum absolute atomic E-state index is 0.175. The Bertz CT molecular complexity index is 1250. The Hall–Kier alpha value is -2.93. The quantitative estimate of drug-likeness (QED) is 0.290. The van der Waals surface area contributed by atoms with E-state index in [1.807, 2.05) is 37.3 Å². The molecular formula is C25H22ClNO4S. The summed E-state index contributed by atoms with van der Waals surface area (Å²) in [7, 11) is -2.58. The van der Waals surface area contributed by atoms with Crippen molar-refractivity contribution in [3.8, 4) is 0 Å². The molecular weight excluding hydrogens is 446 g/mol. The summed E-state index contributed by atoms with van der Waals surface area (Å²) in [4.78, 5) is 12.9. The molecule has 0 aromatic heterocycles. The molecule has 1 heterocycles. The molecule has 1 aliphatic rings. The van der Waals surface area contributed by atoms with Crippen molar-refractivity contribution in [1.29, 1.82) is 0 Å². The lowest BCUT2D eigenvalue weighted by Crippen LogP contribution is -2.19. The van der Waals surface area contributed by atoms with Gasteiger partial charge in [-0.15, -0.1) is 0 Å². The number of carbonyl (C=O) groups excluding carboxylic acids is 1. The summed E-state index contributed by atoms with van der Waals surface area (Å²) >= 11 is 6.04. The Labute approximate surface area is 193 Å². The first-order chi connectivity index (χ1) is 15.3. The fraction of sp³-hybridized carbons (Fsp3) is 0.160. The second-order valence-electron chi connectivity index (χ2n) is 7.59. The molecule has 1 fully saturated rings. The van der Waals surface area contributed by atoms with Gasteiger partial charge in [0.25, 0.3) is 0 Å². The van der Waals surface area contributed by atoms with E-state index in [1.54, 1.807) is 54.6 Å². The van der Waals surface area contributed by atoms with Gasteiger partial charge >= 0.3 is 5.97 Å². The first-order valence-corrected chi connectivity index (χ1v) is 11.9. The summed E-state index contributed by atoms with van der Waals surface area (Å²) in [5, 5.41) is 0.548. The number of sulfonamides is 1. The first-order valence-electron chi connectivity index (χ1n) is 10.0. The van der Waals surface area contributed by atoms with Crippen LogP contribution in [0.2, 0.25) is 5.02 Å². The number of carbonyl (C=O) groups is 1. The molecule has 32 heavy (non-hydrogen) atoms. The van der Waals surface area contributed by atoms with Gasteiger partial charge in [-0.05, 0) is 48.4 Å². The van der Waals surface area contributed by atoms with E-state index in [2.05, 4.69) is 0 Å². The SMILES string of the molecule is COC(=O)/C(=C/c1ccccc1)[C@@H]1[C@H](c2ccc(Cl)cc2)N1S(=O)(=O)c1ccc(C)cc1. The average molecular weight is 468 g/mol. The molecule has 164 valence electrons. The number of benzene rings is 3. The van der Waals surface area contributed by atoms with Gasteiger partial charge in [0.1, 0.15) is 0 Å². The zero-order chi connectivity index (χ0) is 22.9. The number of methoxy groups -OCH3 is 1. The molecule has 1 aliphatic heterocycles. The highest BCUT2D eigenvalue weighted by atomic mass is 35.5. The van der Waals surface area contributed by atoms with Crippen LogP contribution in [-0.2, 0) is 19.6 Å². The van der Waals surface area contributed by atoms with Crippen molar-refractivity contribution in [3.63, 3.8) is 0 Å². The standard InChI is InChI=1S/C25H22ClNO4S/c1-17-8-14-21(15-9-17)32(29,30)27-23(19-10-12-20(26)13-11-19)24(27)22(25(28)31-2)16-18-6-4-3-5-7-18/h3-16,23-24H,1-2H3/b22-16+/t23-,24+,27?/m0/s1. The normalized spacial score (nSPS) is 20.6. The highest BCUT2D eigenvalue weighted by Gasteiger charge is 2.59. The van der Waals surface area contributed by atoms with E-state index in [4.69, 9.17) is 16.3 Å². The van der Waals surface area contributed by atoms with Crippen LogP contribution >= 0.6 is 11.6 Å². The van der Waals surface area contributed by atoms with Crippen molar-refractivity contribution in [2.45, 2.75) is 23.9 Å². The topological polar surface area (TPSA) is 63.5 Å². The highest BCUT2D eigenvalue weighted by Crippen LogP contribution is 2.51. The summed E-state index contributed by atoms with van der Waals surface area (Å²) in [6, 6.07) is 21.7. The molecule has 3 aromatic carbocycles. The number of hydrogen-bond donors (Lipinski definition) is 0. The molecule has 1 unspecified atom stereocenters. The van der Waals surface area contributed by atoms with Crippen LogP contribution in [0, 0.1) is 6.92 Å². The van der Waals surface area contributed by atoms with Crippen LogP contribution in [0.1, 0.15) is 22.7 Å². The average Bonchev–Trinajstić information content (AvgIpc) is 3.55. The van der Waals surface area contributed by atoms with Crippen molar-refractivity contribution < 1.29 is 17.9 Å². The number of nitrogens with zero attached hydrogens (tertiary/aromatic N) is 1. The van der Waals surface area contributed by atoms with Gasteiger partial charge in [-0.25, -0.2) is 13.2 Å². The highest BCUT2D eigenvalue weighted by molar-refractivity contribution is 7.89. The van der Waals surface area contributed by atoms with Gasteiger partial charge in [-0.3, -0.25) is 0 Å². The Morgan fingerprint density at radius 3 is 2.19 bits per heavy atom. The number of esters is 1. The zero-order valence-corrected chi connectivity index (χ0v) is 19.2. The largest absolute Gasteiger partial charge is 0.466 e. The first kappa shape index (κ1) is 22.3. The van der Waals surface area contributed by atoms with Crippen molar-refractivity contribution >= 4 is 33.7 Å². The van der Waals surface area contributed by atoms with Crippen LogP contribution in [0.4, 0.5) is 0 Å². The molecule has 0 bridgehead atoms. The number of rotatable bonds is 6. The summed E-state index contributed by atoms with van der Waals surface area (Å²) in [5.74, 6) is -0.570. The van der Waals surface area contributed by atoms with Crippen LogP contribution in [-0.4, -0.2) is 31.8 Å². The molecule has 3 aromatic rings. The van der Waals surface area contributed by atoms with Gasteiger partial charge in [0.05, 0.1) is 29.7 Å². The number of ether oxygens (including phenoxy) is 1. The molecule has 3 atom stereocenters. The van der Waals surface area contributed by atoms with E-state index in [1.165, 1.54) is 11.4 Å². The minimum atomic E-state index is -3.87. The van der Waals surface area contributed by atoms with E-state index in [0.717, 1.165) is 16.7 Å². The fourth-order valence-electron chi connectivity index (χ4n) is 3.75. The molecule has 0 radical (unpaired) electrons. The van der Waals surface area contributed by atoms with E-state index in [-0.39, 0.29) is 10.5 Å².